The summed E-state index contributed by atoms with van der Waals surface area (Å²) in [6.07, 6.45) is 13.6. The highest BCUT2D eigenvalue weighted by molar-refractivity contribution is 7.80. The summed E-state index contributed by atoms with van der Waals surface area (Å²) in [4.78, 5) is 14.8. The van der Waals surface area contributed by atoms with Gasteiger partial charge in [-0.2, -0.15) is 9.97 Å². The average Bonchev–Trinajstić information content (AvgIpc) is 3.22. The van der Waals surface area contributed by atoms with Gasteiger partial charge in [0, 0.05) is 49.2 Å². The summed E-state index contributed by atoms with van der Waals surface area (Å²) in [7, 11) is 0. The summed E-state index contributed by atoms with van der Waals surface area (Å²) in [5.41, 5.74) is 1.35. The van der Waals surface area contributed by atoms with Gasteiger partial charge in [-0.3, -0.25) is 0 Å². The first-order valence-corrected chi connectivity index (χ1v) is 15.5. The minimum Gasteiger partial charge on any atom is -0.361 e. The summed E-state index contributed by atoms with van der Waals surface area (Å²) < 4.78 is 0. The lowest BCUT2D eigenvalue weighted by Crippen LogP contribution is -2.43. The van der Waals surface area contributed by atoms with E-state index in [1.807, 2.05) is 6.07 Å². The Kier molecular flexibility index (Phi) is 9.26. The Hall–Kier alpha value is -2.12. The van der Waals surface area contributed by atoms with Crippen molar-refractivity contribution < 1.29 is 0 Å². The molecule has 3 aliphatic rings. The van der Waals surface area contributed by atoms with Crippen molar-refractivity contribution in [1.29, 1.82) is 0 Å². The molecular weight excluding hydrogens is 512 g/mol. The third-order valence-electron chi connectivity index (χ3n) is 8.67. The third-order valence-corrected chi connectivity index (χ3v) is 9.15. The first kappa shape index (κ1) is 27.4. The first-order chi connectivity index (χ1) is 18.5. The van der Waals surface area contributed by atoms with Gasteiger partial charge in [0.05, 0.1) is 0 Å². The number of aromatic nitrogens is 2. The number of hydrogen-bond acceptors (Lipinski definition) is 5. The molecule has 2 saturated heterocycles. The smallest absolute Gasteiger partial charge is 0.232 e. The molecule has 1 aromatic heterocycles. The molecule has 2 aliphatic heterocycles. The van der Waals surface area contributed by atoms with Crippen LogP contribution in [0, 0.1) is 5.92 Å². The summed E-state index contributed by atoms with van der Waals surface area (Å²) in [5.74, 6) is 3.30. The van der Waals surface area contributed by atoms with E-state index in [2.05, 4.69) is 51.6 Å². The predicted molar refractivity (Wildman–Crippen MR) is 164 cm³/mol. The molecule has 3 fully saturated rings. The maximum Gasteiger partial charge on any atom is 0.232 e. The number of nitrogens with zero attached hydrogens (tertiary/aromatic N) is 4. The van der Waals surface area contributed by atoms with Gasteiger partial charge in [-0.05, 0) is 74.4 Å². The van der Waals surface area contributed by atoms with E-state index in [0.717, 1.165) is 62.2 Å². The van der Waals surface area contributed by atoms with Gasteiger partial charge in [0.15, 0.2) is 5.11 Å². The average molecular weight is 555 g/mol. The van der Waals surface area contributed by atoms with Crippen LogP contribution in [0.4, 0.5) is 17.6 Å². The van der Waals surface area contributed by atoms with E-state index in [4.69, 9.17) is 33.8 Å². The van der Waals surface area contributed by atoms with Crippen LogP contribution >= 0.6 is 23.8 Å². The Morgan fingerprint density at radius 2 is 1.63 bits per heavy atom. The Morgan fingerprint density at radius 1 is 0.947 bits per heavy atom. The predicted octanol–water partition coefficient (Wildman–Crippen LogP) is 6.94. The lowest BCUT2D eigenvalue weighted by molar-refractivity contribution is 0.292. The molecule has 6 nitrogen and oxygen atoms in total. The minimum absolute atomic E-state index is 0.0404. The molecule has 2 N–H and O–H groups in total. The van der Waals surface area contributed by atoms with E-state index in [-0.39, 0.29) is 5.41 Å². The van der Waals surface area contributed by atoms with Crippen LogP contribution < -0.4 is 20.4 Å². The number of anilines is 3. The van der Waals surface area contributed by atoms with Crippen LogP contribution in [-0.4, -0.2) is 47.8 Å². The lowest BCUT2D eigenvalue weighted by Gasteiger charge is -2.38. The van der Waals surface area contributed by atoms with Crippen LogP contribution in [0.2, 0.25) is 5.02 Å². The summed E-state index contributed by atoms with van der Waals surface area (Å²) in [5, 5.41) is 8.29. The number of piperidine rings is 1. The van der Waals surface area contributed by atoms with E-state index in [1.54, 1.807) is 0 Å². The molecule has 1 aromatic carbocycles. The normalized spacial score (nSPS) is 22.0. The maximum atomic E-state index is 6.39. The highest BCUT2D eigenvalue weighted by Crippen LogP contribution is 2.40. The van der Waals surface area contributed by atoms with Crippen molar-refractivity contribution in [3.8, 4) is 0 Å². The van der Waals surface area contributed by atoms with Crippen molar-refractivity contribution >= 4 is 46.5 Å². The van der Waals surface area contributed by atoms with Crippen LogP contribution in [0.5, 0.6) is 0 Å². The first-order valence-electron chi connectivity index (χ1n) is 14.7. The molecule has 5 rings (SSSR count). The number of rotatable bonds is 6. The number of hydrogen-bond donors (Lipinski definition) is 2. The van der Waals surface area contributed by atoms with Gasteiger partial charge < -0.3 is 20.4 Å². The molecule has 1 saturated carbocycles. The Morgan fingerprint density at radius 3 is 2.34 bits per heavy atom. The maximum absolute atomic E-state index is 6.39. The Bertz CT molecular complexity index is 1060. The molecule has 206 valence electrons. The second kappa shape index (κ2) is 12.8. The lowest BCUT2D eigenvalue weighted by atomic mass is 9.69. The van der Waals surface area contributed by atoms with Crippen LogP contribution in [0.15, 0.2) is 30.3 Å². The monoisotopic (exact) mass is 554 g/mol. The van der Waals surface area contributed by atoms with Crippen molar-refractivity contribution in [3.05, 3.63) is 40.9 Å². The Labute approximate surface area is 238 Å². The molecule has 2 aromatic rings. The van der Waals surface area contributed by atoms with Gasteiger partial charge in [0.1, 0.15) is 11.6 Å². The molecule has 1 aliphatic carbocycles. The zero-order valence-corrected chi connectivity index (χ0v) is 24.4. The molecule has 0 bridgehead atoms. The number of thiocarbonyl (C=S) groups is 1. The molecule has 0 radical (unpaired) electrons. The van der Waals surface area contributed by atoms with E-state index < -0.39 is 0 Å². The topological polar surface area (TPSA) is 56.3 Å². The van der Waals surface area contributed by atoms with Gasteiger partial charge in [-0.15, -0.1) is 0 Å². The zero-order chi connectivity index (χ0) is 26.4. The van der Waals surface area contributed by atoms with Crippen molar-refractivity contribution in [3.63, 3.8) is 0 Å². The minimum atomic E-state index is 0.0404. The second-order valence-electron chi connectivity index (χ2n) is 11.7. The fraction of sp³-hybridized carbons (Fsp3) is 0.633. The highest BCUT2D eigenvalue weighted by Gasteiger charge is 2.34. The Balaban J connectivity index is 1.33. The SMILES string of the molecule is CC1CCCN(c2cc(N3CCCCCC3)nc(NC(=S)NCC3(c4cccc(Cl)c4)CCCCC3)n2)C1. The quantitative estimate of drug-likeness (QED) is 0.375. The second-order valence-corrected chi connectivity index (χ2v) is 12.5. The summed E-state index contributed by atoms with van der Waals surface area (Å²) in [6.45, 7) is 7.31. The number of halogens is 1. The van der Waals surface area contributed by atoms with Gasteiger partial charge in [-0.1, -0.05) is 62.8 Å². The van der Waals surface area contributed by atoms with Crippen molar-refractivity contribution in [2.45, 2.75) is 83.0 Å². The molecule has 1 atom stereocenters. The summed E-state index contributed by atoms with van der Waals surface area (Å²) >= 11 is 12.2. The van der Waals surface area contributed by atoms with E-state index in [0.29, 0.717) is 17.0 Å². The van der Waals surface area contributed by atoms with Gasteiger partial charge in [0.25, 0.3) is 0 Å². The highest BCUT2D eigenvalue weighted by atomic mass is 35.5. The van der Waals surface area contributed by atoms with Crippen LogP contribution in [0.25, 0.3) is 0 Å². The molecular formula is C30H43ClN6S. The van der Waals surface area contributed by atoms with Crippen molar-refractivity contribution in [1.82, 2.24) is 15.3 Å². The largest absolute Gasteiger partial charge is 0.361 e. The third kappa shape index (κ3) is 6.90. The van der Waals surface area contributed by atoms with Gasteiger partial charge in [-0.25, -0.2) is 0 Å². The zero-order valence-electron chi connectivity index (χ0n) is 22.9. The van der Waals surface area contributed by atoms with Crippen molar-refractivity contribution in [2.75, 3.05) is 47.8 Å². The van der Waals surface area contributed by atoms with Crippen molar-refractivity contribution in [2.24, 2.45) is 5.92 Å². The molecule has 0 spiro atoms. The molecule has 38 heavy (non-hydrogen) atoms. The molecule has 3 heterocycles. The van der Waals surface area contributed by atoms with Gasteiger partial charge >= 0.3 is 0 Å². The van der Waals surface area contributed by atoms with E-state index in [1.165, 1.54) is 63.4 Å². The fourth-order valence-electron chi connectivity index (χ4n) is 6.51. The van der Waals surface area contributed by atoms with Gasteiger partial charge in [0.2, 0.25) is 5.95 Å². The molecule has 0 amide bonds. The number of benzene rings is 1. The fourth-order valence-corrected chi connectivity index (χ4v) is 6.86. The van der Waals surface area contributed by atoms with Crippen LogP contribution in [-0.2, 0) is 5.41 Å². The van der Waals surface area contributed by atoms with Crippen LogP contribution in [0.3, 0.4) is 0 Å². The van der Waals surface area contributed by atoms with E-state index in [9.17, 15) is 0 Å². The standard InChI is InChI=1S/C30H43ClN6S/c1-23-11-10-18-37(21-23)27-20-26(36-16-7-2-3-8-17-36)33-28(34-27)35-29(38)32-22-30(14-5-4-6-15-30)24-12-9-13-25(31)19-24/h9,12-13,19-20,23H,2-8,10-11,14-18,21-22H2,1H3,(H2,32,33,34,35,38). The number of nitrogens with one attached hydrogen (secondary N) is 2. The van der Waals surface area contributed by atoms with Crippen LogP contribution in [0.1, 0.15) is 83.1 Å². The molecule has 1 unspecified atom stereocenters. The molecule has 8 heteroatoms. The van der Waals surface area contributed by atoms with E-state index >= 15 is 0 Å². The summed E-state index contributed by atoms with van der Waals surface area (Å²) in [6, 6.07) is 10.6.